The highest BCUT2D eigenvalue weighted by molar-refractivity contribution is 5.91. The average molecular weight is 173 g/mol. The van der Waals surface area contributed by atoms with Gasteiger partial charge in [0.15, 0.2) is 5.95 Å². The van der Waals surface area contributed by atoms with Crippen LogP contribution in [0, 0.1) is 11.3 Å². The highest BCUT2D eigenvalue weighted by atomic mass is 15.0. The van der Waals surface area contributed by atoms with Crippen molar-refractivity contribution in [3.63, 3.8) is 0 Å². The molecule has 0 unspecified atom stereocenters. The Hall–Kier alpha value is -2.22. The molecule has 1 heterocycles. The van der Waals surface area contributed by atoms with E-state index >= 15 is 0 Å². The Morgan fingerprint density at radius 3 is 2.85 bits per heavy atom. The third-order valence-corrected chi connectivity index (χ3v) is 1.83. The van der Waals surface area contributed by atoms with Gasteiger partial charge in [0.1, 0.15) is 11.6 Å². The summed E-state index contributed by atoms with van der Waals surface area (Å²) < 4.78 is 0. The van der Waals surface area contributed by atoms with Gasteiger partial charge in [-0.25, -0.2) is 4.98 Å². The monoisotopic (exact) mass is 173 g/mol. The maximum absolute atomic E-state index is 8.69. The number of fused-ring (bicyclic) bond motifs is 1. The molecule has 0 spiro atoms. The zero-order chi connectivity index (χ0) is 9.42. The molecule has 2 rings (SSSR count). The fourth-order valence-corrected chi connectivity index (χ4v) is 1.21. The van der Waals surface area contributed by atoms with Gasteiger partial charge >= 0.3 is 0 Å². The first-order chi connectivity index (χ1) is 6.22. The summed E-state index contributed by atoms with van der Waals surface area (Å²) in [5, 5.41) is 8.69. The molecular weight excluding hydrogens is 166 g/mol. The quantitative estimate of drug-likeness (QED) is 0.507. The van der Waals surface area contributed by atoms with E-state index in [1.165, 1.54) is 0 Å². The van der Waals surface area contributed by atoms with E-state index in [0.717, 1.165) is 5.52 Å². The summed E-state index contributed by atoms with van der Waals surface area (Å²) in [7, 11) is 0. The molecule has 0 aliphatic carbocycles. The zero-order valence-electron chi connectivity index (χ0n) is 6.70. The second-order valence-corrected chi connectivity index (χ2v) is 2.66. The molecule has 13 heavy (non-hydrogen) atoms. The highest BCUT2D eigenvalue weighted by Crippen LogP contribution is 2.22. The first-order valence-electron chi connectivity index (χ1n) is 3.66. The number of nitrogen functional groups attached to an aromatic ring is 2. The number of aromatic amines is 1. The van der Waals surface area contributed by atoms with Gasteiger partial charge in [-0.2, -0.15) is 5.26 Å². The Morgan fingerprint density at radius 1 is 1.38 bits per heavy atom. The van der Waals surface area contributed by atoms with E-state index in [2.05, 4.69) is 9.97 Å². The number of nitrogens with two attached hydrogens (primary N) is 2. The molecule has 0 amide bonds. The van der Waals surface area contributed by atoms with E-state index in [1.54, 1.807) is 12.1 Å². The maximum Gasteiger partial charge on any atom is 0.198 e. The lowest BCUT2D eigenvalue weighted by molar-refractivity contribution is 1.35. The van der Waals surface area contributed by atoms with Crippen molar-refractivity contribution in [3.05, 3.63) is 17.7 Å². The molecule has 5 nitrogen and oxygen atoms in total. The lowest BCUT2D eigenvalue weighted by Crippen LogP contribution is -1.91. The van der Waals surface area contributed by atoms with Crippen molar-refractivity contribution >= 4 is 22.7 Å². The number of anilines is 2. The van der Waals surface area contributed by atoms with Crippen LogP contribution in [0.1, 0.15) is 5.56 Å². The van der Waals surface area contributed by atoms with Gasteiger partial charge < -0.3 is 16.5 Å². The van der Waals surface area contributed by atoms with Crippen LogP contribution in [-0.2, 0) is 0 Å². The number of nitriles is 1. The predicted molar refractivity (Wildman–Crippen MR) is 49.6 cm³/mol. The average Bonchev–Trinajstić information content (AvgIpc) is 2.47. The summed E-state index contributed by atoms with van der Waals surface area (Å²) in [4.78, 5) is 6.80. The lowest BCUT2D eigenvalue weighted by Gasteiger charge is -1.95. The standard InChI is InChI=1S/C8H7N5/c9-3-4-1-2-5-7(6(4)10)13-8(11)12-5/h1-2H,10H2,(H3,11,12,13). The molecule has 1 aromatic carbocycles. The summed E-state index contributed by atoms with van der Waals surface area (Å²) in [5.74, 6) is 0.303. The number of hydrogen-bond donors (Lipinski definition) is 3. The van der Waals surface area contributed by atoms with Crippen LogP contribution in [-0.4, -0.2) is 9.97 Å². The molecule has 5 heteroatoms. The number of imidazole rings is 1. The van der Waals surface area contributed by atoms with Gasteiger partial charge in [-0.05, 0) is 12.1 Å². The second-order valence-electron chi connectivity index (χ2n) is 2.66. The number of rotatable bonds is 0. The van der Waals surface area contributed by atoms with Gasteiger partial charge in [-0.1, -0.05) is 0 Å². The zero-order valence-corrected chi connectivity index (χ0v) is 6.70. The molecule has 0 aliphatic rings. The van der Waals surface area contributed by atoms with Crippen LogP contribution in [0.3, 0.4) is 0 Å². The lowest BCUT2D eigenvalue weighted by atomic mass is 10.2. The Morgan fingerprint density at radius 2 is 2.15 bits per heavy atom. The van der Waals surface area contributed by atoms with E-state index in [1.807, 2.05) is 6.07 Å². The third-order valence-electron chi connectivity index (χ3n) is 1.83. The molecule has 1 aromatic heterocycles. The fraction of sp³-hybridized carbons (Fsp3) is 0. The van der Waals surface area contributed by atoms with Crippen molar-refractivity contribution in [1.29, 1.82) is 5.26 Å². The summed E-state index contributed by atoms with van der Waals surface area (Å²) in [5.41, 5.74) is 13.2. The van der Waals surface area contributed by atoms with E-state index in [-0.39, 0.29) is 0 Å². The van der Waals surface area contributed by atoms with Crippen LogP contribution in [0.4, 0.5) is 11.6 Å². The van der Waals surface area contributed by atoms with Crippen molar-refractivity contribution in [2.75, 3.05) is 11.5 Å². The largest absolute Gasteiger partial charge is 0.396 e. The third kappa shape index (κ3) is 0.964. The van der Waals surface area contributed by atoms with Gasteiger partial charge in [0.05, 0.1) is 16.8 Å². The molecule has 2 aromatic rings. The van der Waals surface area contributed by atoms with Crippen molar-refractivity contribution in [2.24, 2.45) is 0 Å². The molecular formula is C8H7N5. The van der Waals surface area contributed by atoms with Gasteiger partial charge in [-0.15, -0.1) is 0 Å². The topological polar surface area (TPSA) is 105 Å². The number of H-pyrrole nitrogens is 1. The van der Waals surface area contributed by atoms with Gasteiger partial charge in [-0.3, -0.25) is 0 Å². The molecule has 0 saturated heterocycles. The summed E-state index contributed by atoms with van der Waals surface area (Å²) in [6, 6.07) is 5.34. The molecule has 0 bridgehead atoms. The van der Waals surface area contributed by atoms with Gasteiger partial charge in [0.2, 0.25) is 0 Å². The van der Waals surface area contributed by atoms with E-state index in [9.17, 15) is 0 Å². The maximum atomic E-state index is 8.69. The Kier molecular flexibility index (Phi) is 1.36. The summed E-state index contributed by atoms with van der Waals surface area (Å²) in [6.45, 7) is 0. The molecule has 0 saturated carbocycles. The minimum absolute atomic E-state index is 0.303. The number of nitrogens with zero attached hydrogens (tertiary/aromatic N) is 2. The Labute approximate surface area is 74.0 Å². The SMILES string of the molecule is N#Cc1ccc2[nH]c(N)nc2c1N. The number of nitrogens with one attached hydrogen (secondary N) is 1. The summed E-state index contributed by atoms with van der Waals surface area (Å²) >= 11 is 0. The second kappa shape index (κ2) is 2.38. The number of aromatic nitrogens is 2. The van der Waals surface area contributed by atoms with E-state index in [0.29, 0.717) is 22.7 Å². The fourth-order valence-electron chi connectivity index (χ4n) is 1.21. The summed E-state index contributed by atoms with van der Waals surface area (Å²) in [6.07, 6.45) is 0. The Balaban J connectivity index is 2.87. The highest BCUT2D eigenvalue weighted by Gasteiger charge is 2.07. The molecule has 64 valence electrons. The molecule has 0 atom stereocenters. The van der Waals surface area contributed by atoms with Crippen LogP contribution < -0.4 is 11.5 Å². The van der Waals surface area contributed by atoms with Crippen LogP contribution >= 0.6 is 0 Å². The normalized spacial score (nSPS) is 10.1. The van der Waals surface area contributed by atoms with E-state index < -0.39 is 0 Å². The van der Waals surface area contributed by atoms with Crippen LogP contribution in [0.5, 0.6) is 0 Å². The smallest absolute Gasteiger partial charge is 0.198 e. The number of hydrogen-bond acceptors (Lipinski definition) is 4. The van der Waals surface area contributed by atoms with Crippen LogP contribution in [0.2, 0.25) is 0 Å². The van der Waals surface area contributed by atoms with Crippen molar-refractivity contribution in [3.8, 4) is 6.07 Å². The number of benzene rings is 1. The van der Waals surface area contributed by atoms with Crippen molar-refractivity contribution in [1.82, 2.24) is 9.97 Å². The first kappa shape index (κ1) is 7.43. The van der Waals surface area contributed by atoms with Gasteiger partial charge in [0.25, 0.3) is 0 Å². The predicted octanol–water partition coefficient (Wildman–Crippen LogP) is 0.599. The van der Waals surface area contributed by atoms with Gasteiger partial charge in [0, 0.05) is 0 Å². The molecule has 0 fully saturated rings. The van der Waals surface area contributed by atoms with Crippen LogP contribution in [0.15, 0.2) is 12.1 Å². The van der Waals surface area contributed by atoms with Crippen molar-refractivity contribution in [2.45, 2.75) is 0 Å². The minimum atomic E-state index is 0.303. The first-order valence-corrected chi connectivity index (χ1v) is 3.66. The molecule has 0 radical (unpaired) electrons. The minimum Gasteiger partial charge on any atom is -0.396 e. The molecule has 5 N–H and O–H groups in total. The Bertz CT molecular complexity index is 505. The van der Waals surface area contributed by atoms with E-state index in [4.69, 9.17) is 16.7 Å². The molecule has 0 aliphatic heterocycles. The van der Waals surface area contributed by atoms with Crippen LogP contribution in [0.25, 0.3) is 11.0 Å². The van der Waals surface area contributed by atoms with Crippen molar-refractivity contribution < 1.29 is 0 Å².